The molecule has 1 N–H and O–H groups in total. The second kappa shape index (κ2) is 7.16. The molecular weight excluding hydrogens is 384 g/mol. The van der Waals surface area contributed by atoms with Crippen LogP contribution >= 0.6 is 0 Å². The van der Waals surface area contributed by atoms with E-state index in [2.05, 4.69) is 5.32 Å². The number of carbonyl (C=O) groups excluding carboxylic acids is 2. The van der Waals surface area contributed by atoms with Gasteiger partial charge in [-0.05, 0) is 44.2 Å². The lowest BCUT2D eigenvalue weighted by Gasteiger charge is -2.18. The number of methoxy groups -OCH3 is 2. The quantitative estimate of drug-likeness (QED) is 0.822. The van der Waals surface area contributed by atoms with E-state index in [1.807, 2.05) is 0 Å². The molecule has 2 amide bonds. The van der Waals surface area contributed by atoms with Crippen LogP contribution in [-0.4, -0.2) is 44.8 Å². The first kappa shape index (κ1) is 19.7. The number of anilines is 1. The summed E-state index contributed by atoms with van der Waals surface area (Å²) in [5.41, 5.74) is 0.532. The number of nitrogens with zero attached hydrogens (tertiary/aromatic N) is 1. The van der Waals surface area contributed by atoms with E-state index in [0.29, 0.717) is 17.2 Å². The predicted molar refractivity (Wildman–Crippen MR) is 102 cm³/mol. The summed E-state index contributed by atoms with van der Waals surface area (Å²) in [6, 6.07) is 8.37. The number of sulfonamides is 1. The third-order valence-electron chi connectivity index (χ3n) is 4.34. The van der Waals surface area contributed by atoms with E-state index >= 15 is 0 Å². The second-order valence-electron chi connectivity index (χ2n) is 6.43. The van der Waals surface area contributed by atoms with Crippen molar-refractivity contribution < 1.29 is 27.5 Å². The van der Waals surface area contributed by atoms with Gasteiger partial charge < -0.3 is 14.8 Å². The summed E-state index contributed by atoms with van der Waals surface area (Å²) in [5.74, 6) is -0.193. The molecule has 0 spiro atoms. The number of benzene rings is 2. The Morgan fingerprint density at radius 1 is 1.07 bits per heavy atom. The predicted octanol–water partition coefficient (Wildman–Crippen LogP) is 2.51. The molecule has 8 nitrogen and oxygen atoms in total. The molecular formula is C19H20N2O6S. The van der Waals surface area contributed by atoms with Crippen LogP contribution in [0, 0.1) is 0 Å². The highest BCUT2D eigenvalue weighted by Crippen LogP contribution is 2.33. The summed E-state index contributed by atoms with van der Waals surface area (Å²) >= 11 is 0. The second-order valence-corrected chi connectivity index (χ2v) is 8.21. The largest absolute Gasteiger partial charge is 0.497 e. The molecule has 1 heterocycles. The molecule has 0 fully saturated rings. The lowest BCUT2D eigenvalue weighted by Crippen LogP contribution is -2.36. The number of amides is 2. The minimum Gasteiger partial charge on any atom is -0.497 e. The van der Waals surface area contributed by atoms with Gasteiger partial charge in [-0.25, -0.2) is 12.7 Å². The molecule has 1 aliphatic heterocycles. The molecule has 1 aliphatic rings. The zero-order valence-electron chi connectivity index (χ0n) is 15.8. The first-order valence-corrected chi connectivity index (χ1v) is 9.91. The number of carbonyl (C=O) groups is 2. The van der Waals surface area contributed by atoms with Crippen LogP contribution in [0.5, 0.6) is 11.5 Å². The van der Waals surface area contributed by atoms with Gasteiger partial charge in [0.1, 0.15) is 16.4 Å². The fourth-order valence-corrected chi connectivity index (χ4v) is 4.80. The Balaban J connectivity index is 1.97. The van der Waals surface area contributed by atoms with Crippen molar-refractivity contribution in [3.05, 3.63) is 47.5 Å². The Morgan fingerprint density at radius 3 is 2.39 bits per heavy atom. The van der Waals surface area contributed by atoms with Crippen molar-refractivity contribution in [2.75, 3.05) is 19.5 Å². The highest BCUT2D eigenvalue weighted by atomic mass is 32.2. The number of fused-ring (bicyclic) bond motifs is 1. The molecule has 0 saturated carbocycles. The normalized spacial score (nSPS) is 14.8. The molecule has 9 heteroatoms. The van der Waals surface area contributed by atoms with Crippen LogP contribution in [-0.2, 0) is 10.0 Å². The first-order valence-electron chi connectivity index (χ1n) is 8.47. The Labute approximate surface area is 163 Å². The van der Waals surface area contributed by atoms with Gasteiger partial charge in [-0.15, -0.1) is 0 Å². The lowest BCUT2D eigenvalue weighted by molar-refractivity contribution is 0.0846. The standard InChI is InChI=1S/C19H20N2O6S/c1-11(2)21-19(23)14-7-5-12(9-17(14)28(21,24)25)18(22)20-15-10-13(26-3)6-8-16(15)27-4/h5-11H,1-4H3,(H,20,22). The van der Waals surface area contributed by atoms with Gasteiger partial charge in [0.05, 0.1) is 25.5 Å². The van der Waals surface area contributed by atoms with E-state index in [0.717, 1.165) is 4.31 Å². The van der Waals surface area contributed by atoms with Crippen molar-refractivity contribution in [2.24, 2.45) is 0 Å². The number of nitrogens with one attached hydrogen (secondary N) is 1. The van der Waals surface area contributed by atoms with Crippen LogP contribution < -0.4 is 14.8 Å². The maximum absolute atomic E-state index is 12.7. The average Bonchev–Trinajstić information content (AvgIpc) is 2.86. The van der Waals surface area contributed by atoms with E-state index < -0.39 is 27.9 Å². The summed E-state index contributed by atoms with van der Waals surface area (Å²) in [6.45, 7) is 3.23. The number of hydrogen-bond donors (Lipinski definition) is 1. The molecule has 3 rings (SSSR count). The molecule has 148 valence electrons. The van der Waals surface area contributed by atoms with Gasteiger partial charge in [0.2, 0.25) is 0 Å². The van der Waals surface area contributed by atoms with Crippen molar-refractivity contribution in [1.29, 1.82) is 0 Å². The highest BCUT2D eigenvalue weighted by molar-refractivity contribution is 7.90. The number of rotatable bonds is 5. The highest BCUT2D eigenvalue weighted by Gasteiger charge is 2.42. The molecule has 0 aliphatic carbocycles. The summed E-state index contributed by atoms with van der Waals surface area (Å²) in [7, 11) is -1.03. The summed E-state index contributed by atoms with van der Waals surface area (Å²) < 4.78 is 36.6. The van der Waals surface area contributed by atoms with Crippen LogP contribution in [0.15, 0.2) is 41.3 Å². The molecule has 0 radical (unpaired) electrons. The Morgan fingerprint density at radius 2 is 1.79 bits per heavy atom. The van der Waals surface area contributed by atoms with Gasteiger partial charge in [0.15, 0.2) is 0 Å². The Kier molecular flexibility index (Phi) is 5.03. The van der Waals surface area contributed by atoms with Gasteiger partial charge >= 0.3 is 0 Å². The van der Waals surface area contributed by atoms with Crippen molar-refractivity contribution >= 4 is 27.5 Å². The fourth-order valence-electron chi connectivity index (χ4n) is 3.01. The van der Waals surface area contributed by atoms with E-state index in [1.54, 1.807) is 32.0 Å². The van der Waals surface area contributed by atoms with E-state index in [-0.39, 0.29) is 16.0 Å². The summed E-state index contributed by atoms with van der Waals surface area (Å²) in [4.78, 5) is 24.9. The first-order chi connectivity index (χ1) is 13.2. The minimum absolute atomic E-state index is 0.0595. The maximum Gasteiger partial charge on any atom is 0.269 e. The molecule has 2 aromatic carbocycles. The van der Waals surface area contributed by atoms with Gasteiger partial charge in [0.25, 0.3) is 21.8 Å². The lowest BCUT2D eigenvalue weighted by atomic mass is 10.1. The number of ether oxygens (including phenoxy) is 2. The molecule has 0 saturated heterocycles. The molecule has 28 heavy (non-hydrogen) atoms. The van der Waals surface area contributed by atoms with Gasteiger partial charge in [-0.3, -0.25) is 9.59 Å². The van der Waals surface area contributed by atoms with Crippen LogP contribution in [0.25, 0.3) is 0 Å². The van der Waals surface area contributed by atoms with Crippen LogP contribution in [0.2, 0.25) is 0 Å². The molecule has 0 unspecified atom stereocenters. The van der Waals surface area contributed by atoms with Crippen molar-refractivity contribution in [2.45, 2.75) is 24.8 Å². The minimum atomic E-state index is -3.99. The topological polar surface area (TPSA) is 102 Å². The van der Waals surface area contributed by atoms with Crippen LogP contribution in [0.3, 0.4) is 0 Å². The zero-order valence-corrected chi connectivity index (χ0v) is 16.7. The zero-order chi connectivity index (χ0) is 20.6. The van der Waals surface area contributed by atoms with Gasteiger partial charge in [-0.2, -0.15) is 0 Å². The van der Waals surface area contributed by atoms with Gasteiger partial charge in [0, 0.05) is 17.7 Å². The Bertz CT molecular complexity index is 1060. The summed E-state index contributed by atoms with van der Waals surface area (Å²) in [6.07, 6.45) is 0. The molecule has 0 bridgehead atoms. The molecule has 0 atom stereocenters. The monoisotopic (exact) mass is 404 g/mol. The van der Waals surface area contributed by atoms with Crippen LogP contribution in [0.1, 0.15) is 34.6 Å². The smallest absolute Gasteiger partial charge is 0.269 e. The fraction of sp³-hybridized carbons (Fsp3) is 0.263. The van der Waals surface area contributed by atoms with E-state index in [9.17, 15) is 18.0 Å². The number of hydrogen-bond acceptors (Lipinski definition) is 6. The SMILES string of the molecule is COc1ccc(OC)c(NC(=O)c2ccc3c(c2)S(=O)(=O)N(C(C)C)C3=O)c1. The van der Waals surface area contributed by atoms with Gasteiger partial charge in [-0.1, -0.05) is 0 Å². The Hall–Kier alpha value is -3.07. The van der Waals surface area contributed by atoms with Crippen LogP contribution in [0.4, 0.5) is 5.69 Å². The van der Waals surface area contributed by atoms with E-state index in [1.165, 1.54) is 32.4 Å². The van der Waals surface area contributed by atoms with E-state index in [4.69, 9.17) is 9.47 Å². The third kappa shape index (κ3) is 3.18. The van der Waals surface area contributed by atoms with Crippen molar-refractivity contribution in [3.63, 3.8) is 0 Å². The summed E-state index contributed by atoms with van der Waals surface area (Å²) in [5, 5.41) is 2.68. The third-order valence-corrected chi connectivity index (χ3v) is 6.33. The average molecular weight is 404 g/mol. The maximum atomic E-state index is 12.7. The molecule has 0 aromatic heterocycles. The van der Waals surface area contributed by atoms with Crippen molar-refractivity contribution in [3.8, 4) is 11.5 Å². The van der Waals surface area contributed by atoms with Crippen molar-refractivity contribution in [1.82, 2.24) is 4.31 Å². The molecule has 2 aromatic rings.